The third-order valence-electron chi connectivity index (χ3n) is 4.51. The van der Waals surface area contributed by atoms with E-state index in [-0.39, 0.29) is 17.4 Å². The van der Waals surface area contributed by atoms with Gasteiger partial charge < -0.3 is 10.0 Å². The van der Waals surface area contributed by atoms with E-state index in [4.69, 9.17) is 5.11 Å². The first-order valence-electron chi connectivity index (χ1n) is 7.99. The standard InChI is InChI=1S/C18H20FN3O2/c1-13(16-4-2-3-7-20-16)21-8-10-22(11-9-21)17-12-14(18(23)24)5-6-15(17)19/h2-7,12-13H,8-11H2,1H3,(H,23,24). The van der Waals surface area contributed by atoms with Crippen LogP contribution in [0, 0.1) is 5.82 Å². The third-order valence-corrected chi connectivity index (χ3v) is 4.51. The molecule has 2 heterocycles. The van der Waals surface area contributed by atoms with E-state index in [1.807, 2.05) is 23.1 Å². The summed E-state index contributed by atoms with van der Waals surface area (Å²) < 4.78 is 14.1. The van der Waals surface area contributed by atoms with Gasteiger partial charge in [-0.2, -0.15) is 0 Å². The molecule has 0 amide bonds. The highest BCUT2D eigenvalue weighted by molar-refractivity contribution is 5.88. The molecule has 24 heavy (non-hydrogen) atoms. The predicted molar refractivity (Wildman–Crippen MR) is 89.8 cm³/mol. The topological polar surface area (TPSA) is 56.7 Å². The lowest BCUT2D eigenvalue weighted by atomic mass is 10.1. The van der Waals surface area contributed by atoms with Gasteiger partial charge >= 0.3 is 5.97 Å². The number of aromatic nitrogens is 1. The van der Waals surface area contributed by atoms with Crippen LogP contribution in [0.3, 0.4) is 0 Å². The molecular formula is C18H20FN3O2. The molecule has 126 valence electrons. The molecule has 0 bridgehead atoms. The highest BCUT2D eigenvalue weighted by atomic mass is 19.1. The maximum atomic E-state index is 14.1. The Bertz CT molecular complexity index is 715. The molecule has 0 aliphatic carbocycles. The van der Waals surface area contributed by atoms with Crippen molar-refractivity contribution in [2.24, 2.45) is 0 Å². The van der Waals surface area contributed by atoms with Crippen molar-refractivity contribution in [2.45, 2.75) is 13.0 Å². The summed E-state index contributed by atoms with van der Waals surface area (Å²) in [5.41, 5.74) is 1.49. The average molecular weight is 329 g/mol. The first kappa shape index (κ1) is 16.4. The molecular weight excluding hydrogens is 309 g/mol. The maximum Gasteiger partial charge on any atom is 0.335 e. The van der Waals surface area contributed by atoms with Crippen molar-refractivity contribution in [3.63, 3.8) is 0 Å². The average Bonchev–Trinajstić information content (AvgIpc) is 2.62. The monoisotopic (exact) mass is 329 g/mol. The predicted octanol–water partition coefficient (Wildman–Crippen LogP) is 2.80. The summed E-state index contributed by atoms with van der Waals surface area (Å²) in [6.45, 7) is 4.96. The molecule has 1 unspecified atom stereocenters. The smallest absolute Gasteiger partial charge is 0.335 e. The third kappa shape index (κ3) is 3.38. The van der Waals surface area contributed by atoms with Gasteiger partial charge in [-0.1, -0.05) is 6.07 Å². The minimum atomic E-state index is -1.04. The highest BCUT2D eigenvalue weighted by Gasteiger charge is 2.24. The van der Waals surface area contributed by atoms with Crippen LogP contribution in [0.5, 0.6) is 0 Å². The summed E-state index contributed by atoms with van der Waals surface area (Å²) in [6.07, 6.45) is 1.79. The number of carboxylic acid groups (broad SMARTS) is 1. The van der Waals surface area contributed by atoms with Crippen LogP contribution in [-0.4, -0.2) is 47.1 Å². The number of aromatic carboxylic acids is 1. The van der Waals surface area contributed by atoms with Crippen LogP contribution in [0.2, 0.25) is 0 Å². The molecule has 1 aromatic heterocycles. The van der Waals surface area contributed by atoms with Gasteiger partial charge in [0.25, 0.3) is 0 Å². The van der Waals surface area contributed by atoms with Crippen LogP contribution in [0.15, 0.2) is 42.6 Å². The van der Waals surface area contributed by atoms with Crippen molar-refractivity contribution in [3.8, 4) is 0 Å². The van der Waals surface area contributed by atoms with Crippen molar-refractivity contribution in [1.29, 1.82) is 0 Å². The molecule has 1 aromatic carbocycles. The zero-order valence-electron chi connectivity index (χ0n) is 13.5. The normalized spacial score (nSPS) is 16.8. The SMILES string of the molecule is CC(c1ccccn1)N1CCN(c2cc(C(=O)O)ccc2F)CC1. The lowest BCUT2D eigenvalue weighted by Gasteiger charge is -2.39. The minimum Gasteiger partial charge on any atom is -0.478 e. The van der Waals surface area contributed by atoms with E-state index in [0.717, 1.165) is 18.8 Å². The van der Waals surface area contributed by atoms with Gasteiger partial charge in [0.15, 0.2) is 0 Å². The molecule has 6 heteroatoms. The lowest BCUT2D eigenvalue weighted by Crippen LogP contribution is -2.47. The molecule has 5 nitrogen and oxygen atoms in total. The molecule has 1 atom stereocenters. The zero-order chi connectivity index (χ0) is 17.1. The van der Waals surface area contributed by atoms with Crippen molar-refractivity contribution < 1.29 is 14.3 Å². The summed E-state index contributed by atoms with van der Waals surface area (Å²) >= 11 is 0. The Morgan fingerprint density at radius 1 is 1.21 bits per heavy atom. The molecule has 1 saturated heterocycles. The lowest BCUT2D eigenvalue weighted by molar-refractivity contribution is 0.0697. The Hall–Kier alpha value is -2.47. The number of halogens is 1. The molecule has 2 aromatic rings. The van der Waals surface area contributed by atoms with Crippen LogP contribution in [0.4, 0.5) is 10.1 Å². The second kappa shape index (κ2) is 6.97. The number of hydrogen-bond donors (Lipinski definition) is 1. The fourth-order valence-corrected chi connectivity index (χ4v) is 3.05. The molecule has 1 fully saturated rings. The first-order chi connectivity index (χ1) is 11.6. The van der Waals surface area contributed by atoms with E-state index in [9.17, 15) is 9.18 Å². The van der Waals surface area contributed by atoms with Crippen molar-refractivity contribution in [1.82, 2.24) is 9.88 Å². The van der Waals surface area contributed by atoms with Gasteiger partial charge in [-0.05, 0) is 37.3 Å². The first-order valence-corrected chi connectivity index (χ1v) is 7.99. The molecule has 1 aliphatic rings. The van der Waals surface area contributed by atoms with E-state index >= 15 is 0 Å². The Balaban J connectivity index is 1.69. The number of carboxylic acids is 1. The van der Waals surface area contributed by atoms with E-state index < -0.39 is 5.97 Å². The van der Waals surface area contributed by atoms with Gasteiger partial charge in [0.05, 0.1) is 16.9 Å². The van der Waals surface area contributed by atoms with E-state index in [1.54, 1.807) is 6.20 Å². The number of piperazine rings is 1. The fourth-order valence-electron chi connectivity index (χ4n) is 3.05. The molecule has 0 saturated carbocycles. The molecule has 1 aliphatic heterocycles. The van der Waals surface area contributed by atoms with E-state index in [1.165, 1.54) is 18.2 Å². The van der Waals surface area contributed by atoms with E-state index in [0.29, 0.717) is 18.8 Å². The second-order valence-corrected chi connectivity index (χ2v) is 5.92. The number of nitrogens with zero attached hydrogens (tertiary/aromatic N) is 3. The summed E-state index contributed by atoms with van der Waals surface area (Å²) in [4.78, 5) is 19.7. The van der Waals surface area contributed by atoms with Gasteiger partial charge in [0, 0.05) is 38.4 Å². The van der Waals surface area contributed by atoms with Crippen molar-refractivity contribution in [3.05, 3.63) is 59.7 Å². The molecule has 0 spiro atoms. The van der Waals surface area contributed by atoms with Crippen LogP contribution >= 0.6 is 0 Å². The molecule has 1 N–H and O–H groups in total. The van der Waals surface area contributed by atoms with E-state index in [2.05, 4.69) is 16.8 Å². The molecule has 0 radical (unpaired) electrons. The van der Waals surface area contributed by atoms with Crippen molar-refractivity contribution in [2.75, 3.05) is 31.1 Å². The highest BCUT2D eigenvalue weighted by Crippen LogP contribution is 2.25. The van der Waals surface area contributed by atoms with Gasteiger partial charge in [0.1, 0.15) is 5.82 Å². The van der Waals surface area contributed by atoms with Gasteiger partial charge in [-0.15, -0.1) is 0 Å². The number of anilines is 1. The number of hydrogen-bond acceptors (Lipinski definition) is 4. The Morgan fingerprint density at radius 2 is 1.96 bits per heavy atom. The van der Waals surface area contributed by atoms with Crippen LogP contribution in [0.25, 0.3) is 0 Å². The second-order valence-electron chi connectivity index (χ2n) is 5.92. The zero-order valence-corrected chi connectivity index (χ0v) is 13.5. The quantitative estimate of drug-likeness (QED) is 0.935. The van der Waals surface area contributed by atoms with Gasteiger partial charge in [0.2, 0.25) is 0 Å². The largest absolute Gasteiger partial charge is 0.478 e. The number of benzene rings is 1. The number of pyridine rings is 1. The summed E-state index contributed by atoms with van der Waals surface area (Å²) in [6, 6.07) is 10.0. The minimum absolute atomic E-state index is 0.107. The Morgan fingerprint density at radius 3 is 2.58 bits per heavy atom. The fraction of sp³-hybridized carbons (Fsp3) is 0.333. The van der Waals surface area contributed by atoms with Gasteiger partial charge in [-0.25, -0.2) is 9.18 Å². The van der Waals surface area contributed by atoms with Crippen molar-refractivity contribution >= 4 is 11.7 Å². The summed E-state index contributed by atoms with van der Waals surface area (Å²) in [7, 11) is 0. The van der Waals surface area contributed by atoms with Crippen LogP contribution in [-0.2, 0) is 0 Å². The van der Waals surface area contributed by atoms with Crippen LogP contribution < -0.4 is 4.90 Å². The summed E-state index contributed by atoms with van der Waals surface area (Å²) in [5, 5.41) is 9.08. The van der Waals surface area contributed by atoms with Crippen LogP contribution in [0.1, 0.15) is 29.0 Å². The Kier molecular flexibility index (Phi) is 4.76. The number of carbonyl (C=O) groups is 1. The number of rotatable bonds is 4. The maximum absolute atomic E-state index is 14.1. The Labute approximate surface area is 140 Å². The summed E-state index contributed by atoms with van der Waals surface area (Å²) in [5.74, 6) is -1.43. The molecule has 3 rings (SSSR count). The van der Waals surface area contributed by atoms with Gasteiger partial charge in [-0.3, -0.25) is 9.88 Å².